The standard InChI is InChI=1S/C56H48N2/c1-3-18-49(50-23-17-28-56(42-50)58(52-26-15-8-16-27-52)55-39-33-48(34-40-55)45-21-11-6-12-22-45)41-43(4-2)46-29-35-53(36-30-46)57(51-24-13-7-14-25-51)54-37-31-47(32-38-54)44-19-9-5-10-20-44/h4-5,7-11,13-42H,2-3,6,12H2,1H3/b43-41+,49-18+. The van der Waals surface area contributed by atoms with Crippen molar-refractivity contribution in [1.82, 2.24) is 0 Å². The lowest BCUT2D eigenvalue weighted by atomic mass is 9.97. The lowest BCUT2D eigenvalue weighted by molar-refractivity contribution is 1.04. The van der Waals surface area contributed by atoms with E-state index >= 15 is 0 Å². The van der Waals surface area contributed by atoms with Gasteiger partial charge in [-0.1, -0.05) is 159 Å². The van der Waals surface area contributed by atoms with Crippen LogP contribution < -0.4 is 9.80 Å². The third-order valence-corrected chi connectivity index (χ3v) is 10.6. The summed E-state index contributed by atoms with van der Waals surface area (Å²) in [5.74, 6) is 0. The van der Waals surface area contributed by atoms with E-state index in [0.717, 1.165) is 75.7 Å². The fourth-order valence-corrected chi connectivity index (χ4v) is 7.65. The maximum Gasteiger partial charge on any atom is 0.0467 e. The number of allylic oxidation sites excluding steroid dienone is 9. The van der Waals surface area contributed by atoms with Gasteiger partial charge in [-0.2, -0.15) is 0 Å². The second-order valence-corrected chi connectivity index (χ2v) is 14.4. The fourth-order valence-electron chi connectivity index (χ4n) is 7.65. The number of para-hydroxylation sites is 2. The summed E-state index contributed by atoms with van der Waals surface area (Å²) in [6, 6.07) is 67.2. The van der Waals surface area contributed by atoms with Crippen LogP contribution in [0, 0.1) is 0 Å². The summed E-state index contributed by atoms with van der Waals surface area (Å²) in [4.78, 5) is 4.65. The van der Waals surface area contributed by atoms with Crippen LogP contribution in [0.4, 0.5) is 34.1 Å². The first kappa shape index (κ1) is 37.7. The van der Waals surface area contributed by atoms with Gasteiger partial charge in [0.15, 0.2) is 0 Å². The Labute approximate surface area is 344 Å². The van der Waals surface area contributed by atoms with Crippen LogP contribution in [0.2, 0.25) is 0 Å². The van der Waals surface area contributed by atoms with Gasteiger partial charge >= 0.3 is 0 Å². The Morgan fingerprint density at radius 3 is 1.53 bits per heavy atom. The van der Waals surface area contributed by atoms with E-state index in [9.17, 15) is 0 Å². The average molecular weight is 749 g/mol. The minimum absolute atomic E-state index is 0.905. The monoisotopic (exact) mass is 748 g/mol. The molecule has 0 amide bonds. The molecular weight excluding hydrogens is 701 g/mol. The SMILES string of the molecule is C=C/C(=C\C(=C/CC)c1cccc(N(c2ccccc2)c2ccc(C3=CCCC=C3)cc2)c1)c1ccc(N(c2ccccc2)c2ccc(-c3ccccc3)cc2)cc1. The van der Waals surface area contributed by atoms with Crippen LogP contribution in [-0.4, -0.2) is 0 Å². The molecule has 0 heterocycles. The first-order valence-corrected chi connectivity index (χ1v) is 20.3. The lowest BCUT2D eigenvalue weighted by Gasteiger charge is -2.26. The van der Waals surface area contributed by atoms with Crippen molar-refractivity contribution in [2.75, 3.05) is 9.80 Å². The van der Waals surface area contributed by atoms with Crippen LogP contribution in [0.15, 0.2) is 231 Å². The Morgan fingerprint density at radius 1 is 0.483 bits per heavy atom. The molecule has 58 heavy (non-hydrogen) atoms. The first-order valence-electron chi connectivity index (χ1n) is 20.3. The second-order valence-electron chi connectivity index (χ2n) is 14.4. The summed E-state index contributed by atoms with van der Waals surface area (Å²) >= 11 is 0. The Bertz CT molecular complexity index is 2560. The molecule has 282 valence electrons. The zero-order valence-corrected chi connectivity index (χ0v) is 33.1. The molecule has 0 saturated carbocycles. The van der Waals surface area contributed by atoms with Crippen molar-refractivity contribution in [3.8, 4) is 11.1 Å². The molecule has 0 spiro atoms. The van der Waals surface area contributed by atoms with Gasteiger partial charge in [0, 0.05) is 34.1 Å². The summed E-state index contributed by atoms with van der Waals surface area (Å²) in [6.07, 6.45) is 16.5. The van der Waals surface area contributed by atoms with Crippen molar-refractivity contribution >= 4 is 50.8 Å². The van der Waals surface area contributed by atoms with Crippen LogP contribution in [0.5, 0.6) is 0 Å². The highest BCUT2D eigenvalue weighted by atomic mass is 15.1. The summed E-state index contributed by atoms with van der Waals surface area (Å²) in [5, 5.41) is 0. The molecule has 0 fully saturated rings. The van der Waals surface area contributed by atoms with Crippen molar-refractivity contribution in [2.45, 2.75) is 26.2 Å². The maximum atomic E-state index is 4.27. The first-order chi connectivity index (χ1) is 28.7. The number of rotatable bonds is 13. The van der Waals surface area contributed by atoms with Gasteiger partial charge in [-0.15, -0.1) is 0 Å². The highest BCUT2D eigenvalue weighted by Crippen LogP contribution is 2.39. The van der Waals surface area contributed by atoms with Gasteiger partial charge in [-0.25, -0.2) is 0 Å². The molecule has 0 aromatic heterocycles. The predicted octanol–water partition coefficient (Wildman–Crippen LogP) is 16.1. The van der Waals surface area contributed by atoms with Crippen molar-refractivity contribution in [3.63, 3.8) is 0 Å². The topological polar surface area (TPSA) is 6.48 Å². The number of hydrogen-bond donors (Lipinski definition) is 0. The molecule has 0 atom stereocenters. The van der Waals surface area contributed by atoms with E-state index < -0.39 is 0 Å². The Hall–Kier alpha value is -7.16. The molecule has 2 nitrogen and oxygen atoms in total. The molecule has 0 radical (unpaired) electrons. The zero-order valence-electron chi connectivity index (χ0n) is 33.1. The van der Waals surface area contributed by atoms with E-state index in [4.69, 9.17) is 0 Å². The number of nitrogens with zero attached hydrogens (tertiary/aromatic N) is 2. The smallest absolute Gasteiger partial charge is 0.0467 e. The number of anilines is 6. The van der Waals surface area contributed by atoms with Gasteiger partial charge in [0.05, 0.1) is 0 Å². The molecule has 0 saturated heterocycles. The molecule has 8 rings (SSSR count). The third kappa shape index (κ3) is 8.63. The highest BCUT2D eigenvalue weighted by molar-refractivity contribution is 5.90. The van der Waals surface area contributed by atoms with Crippen LogP contribution >= 0.6 is 0 Å². The van der Waals surface area contributed by atoms with E-state index in [1.807, 2.05) is 6.08 Å². The Morgan fingerprint density at radius 2 is 0.983 bits per heavy atom. The van der Waals surface area contributed by atoms with E-state index in [0.29, 0.717) is 0 Å². The van der Waals surface area contributed by atoms with Crippen LogP contribution in [0.25, 0.3) is 27.8 Å². The van der Waals surface area contributed by atoms with Crippen LogP contribution in [0.3, 0.4) is 0 Å². The summed E-state index contributed by atoms with van der Waals surface area (Å²) in [6.45, 7) is 6.47. The lowest BCUT2D eigenvalue weighted by Crippen LogP contribution is -2.10. The van der Waals surface area contributed by atoms with Crippen LogP contribution in [-0.2, 0) is 0 Å². The van der Waals surface area contributed by atoms with Crippen molar-refractivity contribution < 1.29 is 0 Å². The summed E-state index contributed by atoms with van der Waals surface area (Å²) < 4.78 is 0. The van der Waals surface area contributed by atoms with Gasteiger partial charge in [-0.3, -0.25) is 0 Å². The second kappa shape index (κ2) is 18.2. The quantitative estimate of drug-likeness (QED) is 0.108. The summed E-state index contributed by atoms with van der Waals surface area (Å²) in [7, 11) is 0. The number of benzene rings is 7. The molecule has 7 aromatic carbocycles. The van der Waals surface area contributed by atoms with Gasteiger partial charge < -0.3 is 9.80 Å². The third-order valence-electron chi connectivity index (χ3n) is 10.6. The van der Waals surface area contributed by atoms with E-state index in [1.165, 1.54) is 22.3 Å². The largest absolute Gasteiger partial charge is 0.311 e. The fraction of sp³-hybridized carbons (Fsp3) is 0.0714. The molecule has 0 bridgehead atoms. The minimum Gasteiger partial charge on any atom is -0.311 e. The zero-order chi connectivity index (χ0) is 39.5. The number of hydrogen-bond acceptors (Lipinski definition) is 2. The molecule has 2 heteroatoms. The molecular formula is C56H48N2. The Balaban J connectivity index is 1.10. The van der Waals surface area contributed by atoms with Gasteiger partial charge in [0.2, 0.25) is 0 Å². The van der Waals surface area contributed by atoms with Gasteiger partial charge in [0.1, 0.15) is 0 Å². The molecule has 1 aliphatic rings. The molecule has 1 aliphatic carbocycles. The predicted molar refractivity (Wildman–Crippen MR) is 250 cm³/mol. The Kier molecular flexibility index (Phi) is 11.8. The van der Waals surface area contributed by atoms with Crippen molar-refractivity contribution in [3.05, 3.63) is 248 Å². The summed E-state index contributed by atoms with van der Waals surface area (Å²) in [5.41, 5.74) is 16.1. The van der Waals surface area contributed by atoms with Gasteiger partial charge in [-0.05, 0) is 143 Å². The van der Waals surface area contributed by atoms with E-state index in [1.54, 1.807) is 0 Å². The van der Waals surface area contributed by atoms with Crippen molar-refractivity contribution in [2.24, 2.45) is 0 Å². The normalized spacial score (nSPS) is 12.8. The minimum atomic E-state index is 0.905. The molecule has 0 aliphatic heterocycles. The van der Waals surface area contributed by atoms with E-state index in [2.05, 4.69) is 242 Å². The van der Waals surface area contributed by atoms with Crippen LogP contribution in [0.1, 0.15) is 42.9 Å². The molecule has 7 aromatic rings. The molecule has 0 unspecified atom stereocenters. The van der Waals surface area contributed by atoms with E-state index in [-0.39, 0.29) is 0 Å². The highest BCUT2D eigenvalue weighted by Gasteiger charge is 2.16. The maximum absolute atomic E-state index is 4.27. The average Bonchev–Trinajstić information content (AvgIpc) is 3.30. The molecule has 0 N–H and O–H groups in total. The van der Waals surface area contributed by atoms with Crippen molar-refractivity contribution in [1.29, 1.82) is 0 Å². The van der Waals surface area contributed by atoms with Gasteiger partial charge in [0.25, 0.3) is 0 Å².